The van der Waals surface area contributed by atoms with Gasteiger partial charge in [0.15, 0.2) is 11.2 Å². The number of nitrogens with zero attached hydrogens (tertiary/aromatic N) is 4. The molecule has 0 spiro atoms. The van der Waals surface area contributed by atoms with Crippen LogP contribution >= 0.6 is 11.6 Å². The van der Waals surface area contributed by atoms with Crippen LogP contribution < -0.4 is 16.6 Å². The lowest BCUT2D eigenvalue weighted by Gasteiger charge is -2.16. The van der Waals surface area contributed by atoms with E-state index in [-0.39, 0.29) is 28.6 Å². The first-order chi connectivity index (χ1) is 13.1. The highest BCUT2D eigenvalue weighted by Crippen LogP contribution is 2.19. The first kappa shape index (κ1) is 19.7. The quantitative estimate of drug-likeness (QED) is 0.654. The molecule has 1 N–H and O–H groups in total. The van der Waals surface area contributed by atoms with Crippen molar-refractivity contribution in [2.24, 2.45) is 14.1 Å². The first-order valence-corrected chi connectivity index (χ1v) is 8.55. The molecule has 3 rings (SSSR count). The summed E-state index contributed by atoms with van der Waals surface area (Å²) in [5.41, 5.74) is -1.09. The molecule has 28 heavy (non-hydrogen) atoms. The average molecular weight is 412 g/mol. The van der Waals surface area contributed by atoms with E-state index in [4.69, 9.17) is 11.6 Å². The van der Waals surface area contributed by atoms with Crippen molar-refractivity contribution in [2.75, 3.05) is 0 Å². The van der Waals surface area contributed by atoms with E-state index in [1.807, 2.05) is 0 Å². The number of carbonyl (C=O) groups is 1. The van der Waals surface area contributed by atoms with Gasteiger partial charge in [0.2, 0.25) is 11.2 Å². The Morgan fingerprint density at radius 3 is 2.57 bits per heavy atom. The van der Waals surface area contributed by atoms with Crippen LogP contribution in [0.15, 0.2) is 27.8 Å². The number of imidazole rings is 1. The van der Waals surface area contributed by atoms with E-state index in [1.165, 1.54) is 31.7 Å². The maximum atomic E-state index is 13.9. The molecule has 148 valence electrons. The van der Waals surface area contributed by atoms with Gasteiger partial charge in [0.1, 0.15) is 18.2 Å². The molecule has 3 aromatic rings. The van der Waals surface area contributed by atoms with Gasteiger partial charge < -0.3 is 5.32 Å². The first-order valence-electron chi connectivity index (χ1n) is 8.18. The number of fused-ring (bicyclic) bond motifs is 1. The van der Waals surface area contributed by atoms with Gasteiger partial charge in [0, 0.05) is 25.7 Å². The summed E-state index contributed by atoms with van der Waals surface area (Å²) >= 11 is 6.06. The van der Waals surface area contributed by atoms with Gasteiger partial charge in [0.05, 0.1) is 6.04 Å². The third-order valence-corrected chi connectivity index (χ3v) is 4.70. The minimum atomic E-state index is -0.789. The molecule has 11 heteroatoms. The molecule has 1 aromatic carbocycles. The highest BCUT2D eigenvalue weighted by atomic mass is 35.5. The van der Waals surface area contributed by atoms with Crippen molar-refractivity contribution in [2.45, 2.75) is 19.5 Å². The topological polar surface area (TPSA) is 90.9 Å². The molecular formula is C17H16ClF2N5O3. The number of nitrogens with one attached hydrogen (secondary N) is 1. The second kappa shape index (κ2) is 7.19. The van der Waals surface area contributed by atoms with E-state index in [1.54, 1.807) is 0 Å². The number of aromatic nitrogens is 4. The van der Waals surface area contributed by atoms with E-state index in [9.17, 15) is 23.2 Å². The van der Waals surface area contributed by atoms with Crippen LogP contribution in [0.4, 0.5) is 8.78 Å². The van der Waals surface area contributed by atoms with Crippen LogP contribution in [-0.2, 0) is 25.4 Å². The summed E-state index contributed by atoms with van der Waals surface area (Å²) in [4.78, 5) is 40.9. The minimum Gasteiger partial charge on any atom is -0.348 e. The van der Waals surface area contributed by atoms with Crippen LogP contribution in [0.1, 0.15) is 18.5 Å². The fraction of sp³-hybridized carbons (Fsp3) is 0.294. The molecule has 0 saturated carbocycles. The number of amides is 1. The minimum absolute atomic E-state index is 0.00892. The van der Waals surface area contributed by atoms with Gasteiger partial charge >= 0.3 is 5.69 Å². The number of hydrogen-bond acceptors (Lipinski definition) is 4. The molecule has 0 saturated heterocycles. The standard InChI is InChI=1S/C17H16ClF2N5O3/c1-8(10-5-4-9(19)6-11(10)20)21-12(26)7-25-13-14(22-16(25)18)23(2)17(28)24(3)15(13)27/h4-6,8H,7H2,1-3H3,(H,21,26)/t8-/m0/s1. The monoisotopic (exact) mass is 411 g/mol. The summed E-state index contributed by atoms with van der Waals surface area (Å²) in [6.45, 7) is 1.15. The summed E-state index contributed by atoms with van der Waals surface area (Å²) in [6, 6.07) is 2.29. The van der Waals surface area contributed by atoms with E-state index in [0.717, 1.165) is 21.3 Å². The Labute approximate surface area is 162 Å². The van der Waals surface area contributed by atoms with Gasteiger partial charge in [-0.15, -0.1) is 0 Å². The number of rotatable bonds is 4. The maximum absolute atomic E-state index is 13.9. The highest BCUT2D eigenvalue weighted by molar-refractivity contribution is 6.29. The van der Waals surface area contributed by atoms with Crippen LogP contribution in [0.25, 0.3) is 11.2 Å². The number of halogens is 3. The van der Waals surface area contributed by atoms with Gasteiger partial charge in [-0.25, -0.2) is 13.6 Å². The SMILES string of the molecule is C[C@H](NC(=O)Cn1c(Cl)nc2c1c(=O)n(C)c(=O)n2C)c1ccc(F)cc1F. The van der Waals surface area contributed by atoms with Crippen LogP contribution in [-0.4, -0.2) is 24.6 Å². The van der Waals surface area contributed by atoms with Crippen molar-refractivity contribution in [3.8, 4) is 0 Å². The van der Waals surface area contributed by atoms with Crippen LogP contribution in [0.3, 0.4) is 0 Å². The zero-order valence-corrected chi connectivity index (χ0v) is 15.9. The lowest BCUT2D eigenvalue weighted by molar-refractivity contribution is -0.122. The summed E-state index contributed by atoms with van der Waals surface area (Å²) in [7, 11) is 2.73. The van der Waals surface area contributed by atoms with E-state index in [2.05, 4.69) is 10.3 Å². The van der Waals surface area contributed by atoms with Gasteiger partial charge in [0.25, 0.3) is 5.56 Å². The van der Waals surface area contributed by atoms with Crippen molar-refractivity contribution in [1.29, 1.82) is 0 Å². The predicted molar refractivity (Wildman–Crippen MR) is 98.1 cm³/mol. The average Bonchev–Trinajstić information content (AvgIpc) is 2.94. The van der Waals surface area contributed by atoms with Crippen LogP contribution in [0.2, 0.25) is 5.28 Å². The summed E-state index contributed by atoms with van der Waals surface area (Å²) in [5, 5.41) is 2.41. The molecule has 0 aliphatic heterocycles. The van der Waals surface area contributed by atoms with Gasteiger partial charge in [-0.1, -0.05) is 6.07 Å². The lowest BCUT2D eigenvalue weighted by atomic mass is 10.1. The number of benzene rings is 1. The Hall–Kier alpha value is -3.01. The lowest BCUT2D eigenvalue weighted by Crippen LogP contribution is -2.38. The number of aryl methyl sites for hydroxylation is 1. The maximum Gasteiger partial charge on any atom is 0.332 e. The molecule has 0 unspecified atom stereocenters. The van der Waals surface area contributed by atoms with E-state index < -0.39 is 34.8 Å². The molecule has 8 nitrogen and oxygen atoms in total. The Balaban J connectivity index is 1.92. The molecule has 1 amide bonds. The Bertz CT molecular complexity index is 1210. The van der Waals surface area contributed by atoms with Crippen molar-refractivity contribution in [3.63, 3.8) is 0 Å². The molecule has 0 fully saturated rings. The van der Waals surface area contributed by atoms with Gasteiger partial charge in [-0.3, -0.25) is 23.3 Å². The van der Waals surface area contributed by atoms with Crippen molar-refractivity contribution < 1.29 is 13.6 Å². The summed E-state index contributed by atoms with van der Waals surface area (Å²) in [6.07, 6.45) is 0. The fourth-order valence-corrected chi connectivity index (χ4v) is 3.15. The van der Waals surface area contributed by atoms with E-state index >= 15 is 0 Å². The molecule has 2 heterocycles. The van der Waals surface area contributed by atoms with Crippen LogP contribution in [0, 0.1) is 11.6 Å². The normalized spacial score (nSPS) is 12.4. The molecule has 1 atom stereocenters. The fourth-order valence-electron chi connectivity index (χ4n) is 2.93. The van der Waals surface area contributed by atoms with Crippen molar-refractivity contribution >= 4 is 28.7 Å². The highest BCUT2D eigenvalue weighted by Gasteiger charge is 2.21. The molecule has 2 aromatic heterocycles. The summed E-state index contributed by atoms with van der Waals surface area (Å²) < 4.78 is 30.1. The Morgan fingerprint density at radius 2 is 1.93 bits per heavy atom. The van der Waals surface area contributed by atoms with E-state index in [0.29, 0.717) is 0 Å². The van der Waals surface area contributed by atoms with Gasteiger partial charge in [-0.2, -0.15) is 4.98 Å². The second-order valence-corrected chi connectivity index (χ2v) is 6.64. The largest absolute Gasteiger partial charge is 0.348 e. The molecule has 0 aliphatic rings. The summed E-state index contributed by atoms with van der Waals surface area (Å²) in [5.74, 6) is -2.09. The third-order valence-electron chi connectivity index (χ3n) is 4.41. The Morgan fingerprint density at radius 1 is 1.25 bits per heavy atom. The second-order valence-electron chi connectivity index (χ2n) is 6.30. The van der Waals surface area contributed by atoms with Crippen molar-refractivity contribution in [1.82, 2.24) is 24.0 Å². The molecule has 0 bridgehead atoms. The molecule has 0 aliphatic carbocycles. The third kappa shape index (κ3) is 3.31. The predicted octanol–water partition coefficient (Wildman–Crippen LogP) is 1.24. The number of hydrogen-bond donors (Lipinski definition) is 1. The van der Waals surface area contributed by atoms with Crippen molar-refractivity contribution in [3.05, 3.63) is 61.5 Å². The zero-order chi connectivity index (χ0) is 20.7. The molecule has 0 radical (unpaired) electrons. The number of carbonyl (C=O) groups excluding carboxylic acids is 1. The van der Waals surface area contributed by atoms with Gasteiger partial charge in [-0.05, 0) is 24.6 Å². The Kier molecular flexibility index (Phi) is 5.07. The molecular weight excluding hydrogens is 396 g/mol. The smallest absolute Gasteiger partial charge is 0.332 e. The zero-order valence-electron chi connectivity index (χ0n) is 15.2. The van der Waals surface area contributed by atoms with Crippen LogP contribution in [0.5, 0.6) is 0 Å².